The summed E-state index contributed by atoms with van der Waals surface area (Å²) < 4.78 is 0.925. The number of carbonyl (C=O) groups is 1. The number of carbonyl (C=O) groups excluding carboxylic acids is 1. The maximum Gasteiger partial charge on any atom is 0.224 e. The first-order chi connectivity index (χ1) is 9.56. The van der Waals surface area contributed by atoms with Crippen molar-refractivity contribution in [3.8, 4) is 0 Å². The first-order valence-corrected chi connectivity index (χ1v) is 7.46. The fraction of sp³-hybridized carbons (Fsp3) is 0.235. The van der Waals surface area contributed by atoms with Crippen LogP contribution in [-0.2, 0) is 11.2 Å². The Morgan fingerprint density at radius 3 is 2.45 bits per heavy atom. The van der Waals surface area contributed by atoms with Gasteiger partial charge >= 0.3 is 0 Å². The van der Waals surface area contributed by atoms with Crippen LogP contribution in [-0.4, -0.2) is 5.91 Å². The molecule has 0 unspecified atom stereocenters. The minimum atomic E-state index is 0.0396. The monoisotopic (exact) mass is 331 g/mol. The molecule has 2 aromatic carbocycles. The SMILES string of the molecule is Cc1cc(Br)c(NC(=O)CCc2ccccc2)cc1C. The van der Waals surface area contributed by atoms with Crippen LogP contribution < -0.4 is 5.32 Å². The number of anilines is 1. The summed E-state index contributed by atoms with van der Waals surface area (Å²) in [5.41, 5.74) is 4.40. The molecule has 104 valence electrons. The highest BCUT2D eigenvalue weighted by Gasteiger charge is 2.07. The zero-order valence-corrected chi connectivity index (χ0v) is 13.3. The van der Waals surface area contributed by atoms with Crippen LogP contribution in [0.3, 0.4) is 0 Å². The minimum absolute atomic E-state index is 0.0396. The molecule has 0 saturated carbocycles. The molecule has 0 spiro atoms. The van der Waals surface area contributed by atoms with Crippen LogP contribution in [0.5, 0.6) is 0 Å². The van der Waals surface area contributed by atoms with Gasteiger partial charge in [0.05, 0.1) is 5.69 Å². The molecule has 0 aromatic heterocycles. The van der Waals surface area contributed by atoms with Crippen LogP contribution >= 0.6 is 15.9 Å². The van der Waals surface area contributed by atoms with Crippen molar-refractivity contribution in [2.45, 2.75) is 26.7 Å². The molecule has 0 heterocycles. The van der Waals surface area contributed by atoms with Crippen molar-refractivity contribution in [3.63, 3.8) is 0 Å². The summed E-state index contributed by atoms with van der Waals surface area (Å²) in [6.07, 6.45) is 1.25. The first kappa shape index (κ1) is 14.8. The lowest BCUT2D eigenvalue weighted by Crippen LogP contribution is -2.13. The fourth-order valence-corrected chi connectivity index (χ4v) is 2.55. The Kier molecular flexibility index (Phi) is 4.96. The smallest absolute Gasteiger partial charge is 0.224 e. The summed E-state index contributed by atoms with van der Waals surface area (Å²) >= 11 is 3.49. The first-order valence-electron chi connectivity index (χ1n) is 6.67. The standard InChI is InChI=1S/C17H18BrNO/c1-12-10-15(18)16(11-13(12)2)19-17(20)9-8-14-6-4-3-5-7-14/h3-7,10-11H,8-9H2,1-2H3,(H,19,20). The van der Waals surface area contributed by atoms with Gasteiger partial charge in [-0.15, -0.1) is 0 Å². The molecule has 1 amide bonds. The number of benzene rings is 2. The zero-order chi connectivity index (χ0) is 14.5. The van der Waals surface area contributed by atoms with E-state index in [1.54, 1.807) is 0 Å². The molecule has 0 radical (unpaired) electrons. The van der Waals surface area contributed by atoms with Gasteiger partial charge in [0.25, 0.3) is 0 Å². The van der Waals surface area contributed by atoms with E-state index in [-0.39, 0.29) is 5.91 Å². The fourth-order valence-electron chi connectivity index (χ4n) is 1.99. The number of amides is 1. The Morgan fingerprint density at radius 1 is 1.10 bits per heavy atom. The van der Waals surface area contributed by atoms with Gasteiger partial charge in [-0.3, -0.25) is 4.79 Å². The van der Waals surface area contributed by atoms with Gasteiger partial charge in [0, 0.05) is 10.9 Å². The molecule has 0 saturated heterocycles. The Labute approximate surface area is 128 Å². The van der Waals surface area contributed by atoms with Gasteiger partial charge in [-0.2, -0.15) is 0 Å². The number of hydrogen-bond donors (Lipinski definition) is 1. The molecule has 0 aliphatic carbocycles. The van der Waals surface area contributed by atoms with E-state index in [1.165, 1.54) is 16.7 Å². The highest BCUT2D eigenvalue weighted by Crippen LogP contribution is 2.26. The summed E-state index contributed by atoms with van der Waals surface area (Å²) in [4.78, 5) is 12.0. The van der Waals surface area contributed by atoms with Gasteiger partial charge in [-0.25, -0.2) is 0 Å². The number of rotatable bonds is 4. The van der Waals surface area contributed by atoms with Crippen molar-refractivity contribution in [2.24, 2.45) is 0 Å². The lowest BCUT2D eigenvalue weighted by molar-refractivity contribution is -0.116. The van der Waals surface area contributed by atoms with E-state index in [0.717, 1.165) is 16.6 Å². The summed E-state index contributed by atoms with van der Waals surface area (Å²) in [6, 6.07) is 14.1. The molecule has 0 aliphatic rings. The van der Waals surface area contributed by atoms with E-state index < -0.39 is 0 Å². The van der Waals surface area contributed by atoms with Crippen LogP contribution in [0.25, 0.3) is 0 Å². The van der Waals surface area contributed by atoms with Gasteiger partial charge in [0.2, 0.25) is 5.91 Å². The van der Waals surface area contributed by atoms with Gasteiger partial charge < -0.3 is 5.32 Å². The van der Waals surface area contributed by atoms with Crippen LogP contribution in [0, 0.1) is 13.8 Å². The van der Waals surface area contributed by atoms with Crippen LogP contribution in [0.4, 0.5) is 5.69 Å². The summed E-state index contributed by atoms with van der Waals surface area (Å²) in [7, 11) is 0. The second-order valence-corrected chi connectivity index (χ2v) is 5.80. The number of nitrogens with one attached hydrogen (secondary N) is 1. The minimum Gasteiger partial charge on any atom is -0.325 e. The summed E-state index contributed by atoms with van der Waals surface area (Å²) in [6.45, 7) is 4.10. The predicted molar refractivity (Wildman–Crippen MR) is 87.0 cm³/mol. The molecule has 3 heteroatoms. The lowest BCUT2D eigenvalue weighted by Gasteiger charge is -2.10. The quantitative estimate of drug-likeness (QED) is 0.868. The maximum absolute atomic E-state index is 12.0. The molecule has 1 N–H and O–H groups in total. The van der Waals surface area contributed by atoms with E-state index in [0.29, 0.717) is 6.42 Å². The van der Waals surface area contributed by atoms with E-state index in [4.69, 9.17) is 0 Å². The van der Waals surface area contributed by atoms with Crippen molar-refractivity contribution in [2.75, 3.05) is 5.32 Å². The zero-order valence-electron chi connectivity index (χ0n) is 11.7. The van der Waals surface area contributed by atoms with Gasteiger partial charge in [0.1, 0.15) is 0 Å². The van der Waals surface area contributed by atoms with Crippen LogP contribution in [0.1, 0.15) is 23.1 Å². The number of aryl methyl sites for hydroxylation is 3. The molecule has 2 aromatic rings. The number of hydrogen-bond acceptors (Lipinski definition) is 1. The summed E-state index contributed by atoms with van der Waals surface area (Å²) in [5, 5.41) is 2.96. The van der Waals surface area contributed by atoms with E-state index in [1.807, 2.05) is 49.4 Å². The van der Waals surface area contributed by atoms with E-state index >= 15 is 0 Å². The second-order valence-electron chi connectivity index (χ2n) is 4.95. The molecule has 2 rings (SSSR count). The molecule has 0 aliphatic heterocycles. The number of halogens is 1. The second kappa shape index (κ2) is 6.71. The third kappa shape index (κ3) is 3.94. The average molecular weight is 332 g/mol. The maximum atomic E-state index is 12.0. The highest BCUT2D eigenvalue weighted by molar-refractivity contribution is 9.10. The Morgan fingerprint density at radius 2 is 1.75 bits per heavy atom. The third-order valence-electron chi connectivity index (χ3n) is 3.34. The normalized spacial score (nSPS) is 10.3. The van der Waals surface area contributed by atoms with Gasteiger partial charge in [-0.05, 0) is 65.0 Å². The van der Waals surface area contributed by atoms with Crippen LogP contribution in [0.2, 0.25) is 0 Å². The molecular weight excluding hydrogens is 314 g/mol. The molecule has 0 fully saturated rings. The van der Waals surface area contributed by atoms with E-state index in [9.17, 15) is 4.79 Å². The lowest BCUT2D eigenvalue weighted by atomic mass is 10.1. The predicted octanol–water partition coefficient (Wildman–Crippen LogP) is 4.64. The Balaban J connectivity index is 1.97. The highest BCUT2D eigenvalue weighted by atomic mass is 79.9. The van der Waals surface area contributed by atoms with Crippen LogP contribution in [0.15, 0.2) is 46.9 Å². The van der Waals surface area contributed by atoms with Crippen molar-refractivity contribution < 1.29 is 4.79 Å². The topological polar surface area (TPSA) is 29.1 Å². The average Bonchev–Trinajstić information content (AvgIpc) is 2.44. The molecule has 20 heavy (non-hydrogen) atoms. The molecule has 0 atom stereocenters. The van der Waals surface area contributed by atoms with Crippen molar-refractivity contribution in [3.05, 3.63) is 63.6 Å². The Hall–Kier alpha value is -1.61. The Bertz CT molecular complexity index is 608. The van der Waals surface area contributed by atoms with Crippen molar-refractivity contribution in [1.29, 1.82) is 0 Å². The molecular formula is C17H18BrNO. The van der Waals surface area contributed by atoms with Crippen molar-refractivity contribution in [1.82, 2.24) is 0 Å². The summed E-state index contributed by atoms with van der Waals surface area (Å²) in [5.74, 6) is 0.0396. The third-order valence-corrected chi connectivity index (χ3v) is 4.00. The van der Waals surface area contributed by atoms with Gasteiger partial charge in [-0.1, -0.05) is 30.3 Å². The largest absolute Gasteiger partial charge is 0.325 e. The van der Waals surface area contributed by atoms with E-state index in [2.05, 4.69) is 28.2 Å². The molecule has 2 nitrogen and oxygen atoms in total. The van der Waals surface area contributed by atoms with Crippen molar-refractivity contribution >= 4 is 27.5 Å². The molecule has 0 bridgehead atoms. The van der Waals surface area contributed by atoms with Gasteiger partial charge in [0.15, 0.2) is 0 Å².